The maximum absolute atomic E-state index is 11.4. The van der Waals surface area contributed by atoms with E-state index < -0.39 is 9.84 Å². The number of pyridine rings is 2. The Morgan fingerprint density at radius 3 is 2.55 bits per heavy atom. The number of aromatic nitrogens is 2. The van der Waals surface area contributed by atoms with Crippen LogP contribution in [0.1, 0.15) is 11.4 Å². The predicted molar refractivity (Wildman–Crippen MR) is 78.4 cm³/mol. The Hall–Kier alpha value is -1.47. The van der Waals surface area contributed by atoms with Crippen LogP contribution in [0.25, 0.3) is 0 Å². The minimum absolute atomic E-state index is 0.0455. The van der Waals surface area contributed by atoms with E-state index in [0.717, 1.165) is 16.4 Å². The van der Waals surface area contributed by atoms with Gasteiger partial charge in [-0.15, -0.1) is 0 Å². The van der Waals surface area contributed by atoms with Crippen LogP contribution in [-0.2, 0) is 16.4 Å². The van der Waals surface area contributed by atoms with Crippen LogP contribution in [0.15, 0.2) is 40.0 Å². The van der Waals surface area contributed by atoms with Crippen molar-refractivity contribution < 1.29 is 13.2 Å². The van der Waals surface area contributed by atoms with Crippen LogP contribution in [0, 0.1) is 6.92 Å². The van der Waals surface area contributed by atoms with E-state index >= 15 is 0 Å². The summed E-state index contributed by atoms with van der Waals surface area (Å²) in [4.78, 5) is 8.22. The molecule has 0 aromatic carbocycles. The van der Waals surface area contributed by atoms with Crippen LogP contribution in [0.3, 0.4) is 0 Å². The first-order valence-electron chi connectivity index (χ1n) is 5.77. The van der Waals surface area contributed by atoms with Crippen LogP contribution in [0.4, 0.5) is 0 Å². The molecule has 0 aliphatic rings. The fourth-order valence-corrected chi connectivity index (χ4v) is 2.38. The first-order chi connectivity index (χ1) is 9.36. The molecule has 2 aromatic rings. The number of halogens is 1. The van der Waals surface area contributed by atoms with Gasteiger partial charge in [0, 0.05) is 16.9 Å². The molecule has 0 aliphatic carbocycles. The van der Waals surface area contributed by atoms with Gasteiger partial charge in [0.2, 0.25) is 0 Å². The van der Waals surface area contributed by atoms with E-state index in [-0.39, 0.29) is 5.03 Å². The summed E-state index contributed by atoms with van der Waals surface area (Å²) in [6, 6.07) is 6.77. The highest BCUT2D eigenvalue weighted by atomic mass is 79.9. The number of ether oxygens (including phenoxy) is 1. The summed E-state index contributed by atoms with van der Waals surface area (Å²) in [5.41, 5.74) is 1.31. The highest BCUT2D eigenvalue weighted by molar-refractivity contribution is 9.10. The lowest BCUT2D eigenvalue weighted by Crippen LogP contribution is -2.04. The quantitative estimate of drug-likeness (QED) is 0.841. The number of rotatable bonds is 4. The molecule has 106 valence electrons. The summed E-state index contributed by atoms with van der Waals surface area (Å²) in [6.45, 7) is 2.01. The van der Waals surface area contributed by atoms with Crippen LogP contribution >= 0.6 is 15.9 Å². The van der Waals surface area contributed by atoms with Gasteiger partial charge in [-0.05, 0) is 47.1 Å². The van der Waals surface area contributed by atoms with Gasteiger partial charge in [0.05, 0.1) is 11.4 Å². The molecule has 0 bridgehead atoms. The highest BCUT2D eigenvalue weighted by Gasteiger charge is 2.11. The van der Waals surface area contributed by atoms with Crippen molar-refractivity contribution in [2.75, 3.05) is 6.26 Å². The lowest BCUT2D eigenvalue weighted by molar-refractivity contribution is 0.297. The van der Waals surface area contributed by atoms with Crippen molar-refractivity contribution in [1.82, 2.24) is 9.97 Å². The van der Waals surface area contributed by atoms with Crippen LogP contribution in [0.2, 0.25) is 0 Å². The normalized spacial score (nSPS) is 11.3. The lowest BCUT2D eigenvalue weighted by atomic mass is 10.3. The van der Waals surface area contributed by atoms with E-state index in [1.165, 1.54) is 6.07 Å². The van der Waals surface area contributed by atoms with Crippen molar-refractivity contribution in [2.24, 2.45) is 0 Å². The first kappa shape index (κ1) is 14.9. The molecule has 0 saturated heterocycles. The number of nitrogens with zero attached hydrogens (tertiary/aromatic N) is 2. The molecule has 2 heterocycles. The van der Waals surface area contributed by atoms with E-state index in [9.17, 15) is 8.42 Å². The summed E-state index contributed by atoms with van der Waals surface area (Å²) in [5.74, 6) is 0.544. The van der Waals surface area contributed by atoms with Crippen LogP contribution < -0.4 is 4.74 Å². The van der Waals surface area contributed by atoms with Gasteiger partial charge in [-0.1, -0.05) is 0 Å². The summed E-state index contributed by atoms with van der Waals surface area (Å²) >= 11 is 3.31. The summed E-state index contributed by atoms with van der Waals surface area (Å²) < 4.78 is 29.3. The van der Waals surface area contributed by atoms with Gasteiger partial charge in [-0.2, -0.15) is 0 Å². The summed E-state index contributed by atoms with van der Waals surface area (Å²) in [6.07, 6.45) is 2.82. The topological polar surface area (TPSA) is 69.2 Å². The molecule has 5 nitrogen and oxygen atoms in total. The molecule has 0 aliphatic heterocycles. The molecule has 0 spiro atoms. The molecule has 7 heteroatoms. The molecular weight excluding hydrogens is 344 g/mol. The van der Waals surface area contributed by atoms with Crippen LogP contribution in [0.5, 0.6) is 5.75 Å². The van der Waals surface area contributed by atoms with Crippen molar-refractivity contribution in [1.29, 1.82) is 0 Å². The summed E-state index contributed by atoms with van der Waals surface area (Å²) in [7, 11) is -3.30. The van der Waals surface area contributed by atoms with Gasteiger partial charge < -0.3 is 4.74 Å². The van der Waals surface area contributed by atoms with Gasteiger partial charge >= 0.3 is 0 Å². The molecule has 0 fully saturated rings. The van der Waals surface area contributed by atoms with E-state index in [4.69, 9.17) is 4.74 Å². The molecule has 20 heavy (non-hydrogen) atoms. The van der Waals surface area contributed by atoms with Gasteiger partial charge in [-0.3, -0.25) is 4.98 Å². The number of sulfone groups is 1. The third kappa shape index (κ3) is 3.77. The first-order valence-corrected chi connectivity index (χ1v) is 8.45. The zero-order chi connectivity index (χ0) is 14.8. The molecule has 0 atom stereocenters. The number of hydrogen-bond acceptors (Lipinski definition) is 5. The predicted octanol–water partition coefficient (Wildman–Crippen LogP) is 2.53. The molecule has 0 saturated carbocycles. The maximum atomic E-state index is 11.4. The fourth-order valence-electron chi connectivity index (χ4n) is 1.53. The molecule has 2 rings (SSSR count). The van der Waals surface area contributed by atoms with E-state index in [1.807, 2.05) is 12.1 Å². The van der Waals surface area contributed by atoms with E-state index in [1.54, 1.807) is 19.2 Å². The Bertz CT molecular complexity index is 715. The van der Waals surface area contributed by atoms with Crippen LogP contribution in [-0.4, -0.2) is 24.6 Å². The molecule has 0 amide bonds. The minimum atomic E-state index is -3.30. The Kier molecular flexibility index (Phi) is 4.39. The van der Waals surface area contributed by atoms with E-state index in [0.29, 0.717) is 18.1 Å². The highest BCUT2D eigenvalue weighted by Crippen LogP contribution is 2.19. The van der Waals surface area contributed by atoms with Crippen molar-refractivity contribution >= 4 is 25.8 Å². The molecule has 0 N–H and O–H groups in total. The zero-order valence-corrected chi connectivity index (χ0v) is 13.4. The number of hydrogen-bond donors (Lipinski definition) is 0. The average molecular weight is 357 g/mol. The maximum Gasteiger partial charge on any atom is 0.192 e. The van der Waals surface area contributed by atoms with Gasteiger partial charge in [0.25, 0.3) is 0 Å². The van der Waals surface area contributed by atoms with Crippen molar-refractivity contribution in [3.8, 4) is 5.75 Å². The molecular formula is C13H13BrN2O3S. The van der Waals surface area contributed by atoms with Gasteiger partial charge in [0.1, 0.15) is 12.4 Å². The Morgan fingerprint density at radius 2 is 2.00 bits per heavy atom. The van der Waals surface area contributed by atoms with Crippen molar-refractivity contribution in [2.45, 2.75) is 18.6 Å². The van der Waals surface area contributed by atoms with E-state index in [2.05, 4.69) is 25.9 Å². The zero-order valence-electron chi connectivity index (χ0n) is 11.0. The Balaban J connectivity index is 2.12. The molecule has 0 radical (unpaired) electrons. The lowest BCUT2D eigenvalue weighted by Gasteiger charge is -2.09. The Labute approximate surface area is 126 Å². The molecule has 0 unspecified atom stereocenters. The second-order valence-corrected chi connectivity index (χ2v) is 7.14. The second-order valence-electron chi connectivity index (χ2n) is 4.26. The second kappa shape index (κ2) is 5.88. The number of aryl methyl sites for hydroxylation is 1. The minimum Gasteiger partial charge on any atom is -0.485 e. The standard InChI is InChI=1S/C13H13BrN2O3S/c1-9-12(5-6-13(16-9)20(2,17)18)19-8-11-4-3-10(14)7-15-11/h3-7H,8H2,1-2H3. The van der Waals surface area contributed by atoms with Crippen molar-refractivity contribution in [3.63, 3.8) is 0 Å². The fraction of sp³-hybridized carbons (Fsp3) is 0.231. The average Bonchev–Trinajstić information content (AvgIpc) is 2.38. The van der Waals surface area contributed by atoms with Crippen molar-refractivity contribution in [3.05, 3.63) is 46.3 Å². The monoisotopic (exact) mass is 356 g/mol. The smallest absolute Gasteiger partial charge is 0.192 e. The van der Waals surface area contributed by atoms with Gasteiger partial charge in [-0.25, -0.2) is 13.4 Å². The SMILES string of the molecule is Cc1nc(S(C)(=O)=O)ccc1OCc1ccc(Br)cn1. The third-order valence-corrected chi connectivity index (χ3v) is 4.01. The largest absolute Gasteiger partial charge is 0.485 e. The Morgan fingerprint density at radius 1 is 1.25 bits per heavy atom. The van der Waals surface area contributed by atoms with Gasteiger partial charge in [0.15, 0.2) is 14.9 Å². The third-order valence-electron chi connectivity index (χ3n) is 2.56. The molecule has 2 aromatic heterocycles. The summed E-state index contributed by atoms with van der Waals surface area (Å²) in [5, 5.41) is 0.0455.